The van der Waals surface area contributed by atoms with E-state index in [9.17, 15) is 27.7 Å². The highest BCUT2D eigenvalue weighted by molar-refractivity contribution is 7.92. The van der Waals surface area contributed by atoms with Gasteiger partial charge in [0.2, 0.25) is 21.6 Å². The summed E-state index contributed by atoms with van der Waals surface area (Å²) in [5.74, 6) is -1.60. The van der Waals surface area contributed by atoms with Crippen LogP contribution in [0.3, 0.4) is 0 Å². The third-order valence-electron chi connectivity index (χ3n) is 3.26. The van der Waals surface area contributed by atoms with Crippen molar-refractivity contribution in [2.45, 2.75) is 13.0 Å². The number of rotatable bonds is 7. The highest BCUT2D eigenvalue weighted by Crippen LogP contribution is 2.29. The fourth-order valence-electron chi connectivity index (χ4n) is 2.13. The Balaban J connectivity index is 2.18. The lowest BCUT2D eigenvalue weighted by molar-refractivity contribution is -0.386. The van der Waals surface area contributed by atoms with Crippen molar-refractivity contribution in [1.82, 2.24) is 0 Å². The van der Waals surface area contributed by atoms with E-state index in [1.165, 1.54) is 31.2 Å². The topological polar surface area (TPSA) is 116 Å². The second kappa shape index (κ2) is 7.48. The molecule has 0 radical (unpaired) electrons. The highest BCUT2D eigenvalue weighted by Gasteiger charge is 2.22. The first-order valence-electron chi connectivity index (χ1n) is 7.29. The predicted molar refractivity (Wildman–Crippen MR) is 92.4 cm³/mol. The van der Waals surface area contributed by atoms with Gasteiger partial charge in [-0.1, -0.05) is 0 Å². The van der Waals surface area contributed by atoms with Gasteiger partial charge in [-0.25, -0.2) is 12.8 Å². The van der Waals surface area contributed by atoms with Crippen molar-refractivity contribution in [1.29, 1.82) is 0 Å². The summed E-state index contributed by atoms with van der Waals surface area (Å²) < 4.78 is 43.2. The average molecular weight is 382 g/mol. The fraction of sp³-hybridized carbons (Fsp3) is 0.188. The number of Topliss-reactive ketones (excluding diaryl/α,β-unsaturated/α-hetero) is 1. The van der Waals surface area contributed by atoms with Crippen molar-refractivity contribution in [2.75, 3.05) is 11.0 Å². The van der Waals surface area contributed by atoms with Gasteiger partial charge in [0.15, 0.2) is 6.10 Å². The van der Waals surface area contributed by atoms with Crippen LogP contribution >= 0.6 is 0 Å². The molecule has 0 amide bonds. The Hall–Kier alpha value is -3.01. The molecule has 0 aromatic heterocycles. The Morgan fingerprint density at radius 2 is 1.85 bits per heavy atom. The number of nitrogens with one attached hydrogen (secondary N) is 1. The van der Waals surface area contributed by atoms with Crippen LogP contribution in [0.1, 0.15) is 17.3 Å². The molecule has 0 spiro atoms. The second-order valence-electron chi connectivity index (χ2n) is 5.45. The Morgan fingerprint density at radius 1 is 1.23 bits per heavy atom. The van der Waals surface area contributed by atoms with Crippen molar-refractivity contribution in [3.63, 3.8) is 0 Å². The number of ketones is 1. The summed E-state index contributed by atoms with van der Waals surface area (Å²) in [5, 5.41) is 11.0. The van der Waals surface area contributed by atoms with Crippen molar-refractivity contribution in [2.24, 2.45) is 0 Å². The average Bonchev–Trinajstić information content (AvgIpc) is 2.53. The first-order valence-corrected chi connectivity index (χ1v) is 9.18. The Kier molecular flexibility index (Phi) is 5.56. The molecular weight excluding hydrogens is 367 g/mol. The second-order valence-corrected chi connectivity index (χ2v) is 7.19. The van der Waals surface area contributed by atoms with Gasteiger partial charge in [-0.15, -0.1) is 0 Å². The molecule has 10 heteroatoms. The van der Waals surface area contributed by atoms with E-state index in [2.05, 4.69) is 4.72 Å². The predicted octanol–water partition coefficient (Wildman–Crippen LogP) is 2.76. The number of nitro groups is 1. The van der Waals surface area contributed by atoms with Gasteiger partial charge in [-0.3, -0.25) is 19.6 Å². The zero-order valence-electron chi connectivity index (χ0n) is 13.8. The summed E-state index contributed by atoms with van der Waals surface area (Å²) in [5.41, 5.74) is 0.0211. The summed E-state index contributed by atoms with van der Waals surface area (Å²) in [7, 11) is -3.44. The van der Waals surface area contributed by atoms with E-state index in [4.69, 9.17) is 4.74 Å². The number of hydrogen-bond donors (Lipinski definition) is 1. The van der Waals surface area contributed by atoms with E-state index in [0.717, 1.165) is 24.5 Å². The quantitative estimate of drug-likeness (QED) is 0.447. The molecule has 0 aliphatic heterocycles. The van der Waals surface area contributed by atoms with Crippen LogP contribution in [-0.2, 0) is 10.0 Å². The van der Waals surface area contributed by atoms with E-state index < -0.39 is 38.3 Å². The summed E-state index contributed by atoms with van der Waals surface area (Å²) in [4.78, 5) is 22.6. The monoisotopic (exact) mass is 382 g/mol. The summed E-state index contributed by atoms with van der Waals surface area (Å²) in [6.07, 6.45) is -0.127. The molecule has 1 N–H and O–H groups in total. The summed E-state index contributed by atoms with van der Waals surface area (Å²) in [6, 6.07) is 8.27. The van der Waals surface area contributed by atoms with Gasteiger partial charge in [-0.2, -0.15) is 0 Å². The maximum atomic E-state index is 13.3. The summed E-state index contributed by atoms with van der Waals surface area (Å²) in [6.45, 7) is 1.37. The number of hydrogen-bond acceptors (Lipinski definition) is 6. The number of benzene rings is 2. The van der Waals surface area contributed by atoms with Crippen molar-refractivity contribution >= 4 is 27.2 Å². The zero-order chi connectivity index (χ0) is 19.5. The molecule has 2 aromatic rings. The first-order chi connectivity index (χ1) is 12.1. The molecule has 0 unspecified atom stereocenters. The molecule has 0 saturated heterocycles. The molecule has 0 saturated carbocycles. The van der Waals surface area contributed by atoms with E-state index >= 15 is 0 Å². The fourth-order valence-corrected chi connectivity index (χ4v) is 2.69. The first kappa shape index (κ1) is 19.3. The van der Waals surface area contributed by atoms with E-state index in [-0.39, 0.29) is 17.0 Å². The van der Waals surface area contributed by atoms with Crippen molar-refractivity contribution in [3.8, 4) is 5.75 Å². The Labute approximate surface area is 148 Å². The minimum atomic E-state index is -3.44. The third kappa shape index (κ3) is 4.99. The molecule has 0 aliphatic rings. The Bertz CT molecular complexity index is 944. The normalized spacial score (nSPS) is 12.3. The van der Waals surface area contributed by atoms with Gasteiger partial charge < -0.3 is 4.74 Å². The number of nitro benzene ring substituents is 1. The van der Waals surface area contributed by atoms with Crippen LogP contribution in [-0.4, -0.2) is 31.5 Å². The van der Waals surface area contributed by atoms with Crippen LogP contribution < -0.4 is 9.46 Å². The van der Waals surface area contributed by atoms with Crippen LogP contribution in [0.2, 0.25) is 0 Å². The molecule has 0 bridgehead atoms. The Morgan fingerprint density at radius 3 is 2.38 bits per heavy atom. The van der Waals surface area contributed by atoms with Crippen LogP contribution in [0.15, 0.2) is 42.5 Å². The van der Waals surface area contributed by atoms with Gasteiger partial charge in [0.1, 0.15) is 5.82 Å². The van der Waals surface area contributed by atoms with Gasteiger partial charge in [0.05, 0.1) is 11.2 Å². The van der Waals surface area contributed by atoms with Crippen LogP contribution in [0.5, 0.6) is 5.75 Å². The number of nitrogens with zero attached hydrogens (tertiary/aromatic N) is 1. The van der Waals surface area contributed by atoms with Gasteiger partial charge >= 0.3 is 5.69 Å². The van der Waals surface area contributed by atoms with E-state index in [1.54, 1.807) is 0 Å². The van der Waals surface area contributed by atoms with Crippen LogP contribution in [0.25, 0.3) is 0 Å². The maximum Gasteiger partial charge on any atom is 0.311 e. The van der Waals surface area contributed by atoms with Crippen LogP contribution in [0, 0.1) is 15.9 Å². The molecule has 138 valence electrons. The van der Waals surface area contributed by atoms with Crippen molar-refractivity contribution < 1.29 is 27.3 Å². The number of anilines is 1. The third-order valence-corrected chi connectivity index (χ3v) is 3.87. The van der Waals surface area contributed by atoms with E-state index in [1.807, 2.05) is 0 Å². The maximum absolute atomic E-state index is 13.3. The largest absolute Gasteiger partial charge is 0.475 e. The molecule has 0 fully saturated rings. The number of sulfonamides is 1. The molecular formula is C16H15FN2O6S. The smallest absolute Gasteiger partial charge is 0.311 e. The van der Waals surface area contributed by atoms with Crippen molar-refractivity contribution in [3.05, 3.63) is 64.0 Å². The lowest BCUT2D eigenvalue weighted by Crippen LogP contribution is -2.24. The number of carbonyl (C=O) groups is 1. The number of ether oxygens (including phenoxy) is 1. The summed E-state index contributed by atoms with van der Waals surface area (Å²) >= 11 is 0. The van der Waals surface area contributed by atoms with Gasteiger partial charge in [0.25, 0.3) is 0 Å². The SMILES string of the molecule is C[C@H](Oc1cc(F)ccc1[N+](=O)[O-])C(=O)c1ccc(NS(C)(=O)=O)cc1. The highest BCUT2D eigenvalue weighted by atomic mass is 32.2. The number of halogens is 1. The molecule has 0 heterocycles. The number of carbonyl (C=O) groups excluding carboxylic acids is 1. The molecule has 1 atom stereocenters. The minimum Gasteiger partial charge on any atom is -0.475 e. The van der Waals surface area contributed by atoms with E-state index in [0.29, 0.717) is 0 Å². The lowest BCUT2D eigenvalue weighted by Gasteiger charge is -2.14. The lowest BCUT2D eigenvalue weighted by atomic mass is 10.1. The van der Waals surface area contributed by atoms with Gasteiger partial charge in [-0.05, 0) is 37.3 Å². The molecule has 26 heavy (non-hydrogen) atoms. The molecule has 8 nitrogen and oxygen atoms in total. The van der Waals surface area contributed by atoms with Gasteiger partial charge in [0, 0.05) is 23.4 Å². The molecule has 2 rings (SSSR count). The molecule has 0 aliphatic carbocycles. The molecule has 2 aromatic carbocycles. The standard InChI is InChI=1S/C16H15FN2O6S/c1-10(25-15-9-12(17)5-8-14(15)19(21)22)16(20)11-3-6-13(7-4-11)18-26(2,23)24/h3-10,18H,1-2H3/t10-/m0/s1. The minimum absolute atomic E-state index is 0.204. The van der Waals surface area contributed by atoms with Crippen LogP contribution in [0.4, 0.5) is 15.8 Å². The zero-order valence-corrected chi connectivity index (χ0v) is 14.6.